The van der Waals surface area contributed by atoms with E-state index in [0.29, 0.717) is 5.69 Å². The van der Waals surface area contributed by atoms with E-state index in [1.54, 1.807) is 6.07 Å². The van der Waals surface area contributed by atoms with Gasteiger partial charge in [-0.1, -0.05) is 12.8 Å². The Morgan fingerprint density at radius 2 is 2.00 bits per heavy atom. The van der Waals surface area contributed by atoms with E-state index in [4.69, 9.17) is 0 Å². The van der Waals surface area contributed by atoms with Crippen LogP contribution in [0.5, 0.6) is 0 Å². The van der Waals surface area contributed by atoms with Crippen molar-refractivity contribution < 1.29 is 14.3 Å². The second-order valence-corrected chi connectivity index (χ2v) is 5.61. The molecule has 0 saturated carbocycles. The second-order valence-electron chi connectivity index (χ2n) is 5.61. The van der Waals surface area contributed by atoms with Crippen LogP contribution >= 0.6 is 0 Å². The summed E-state index contributed by atoms with van der Waals surface area (Å²) in [5.41, 5.74) is -0.0487. The van der Waals surface area contributed by atoms with Crippen molar-refractivity contribution in [2.24, 2.45) is 0 Å². The van der Waals surface area contributed by atoms with Gasteiger partial charge in [-0.2, -0.15) is 0 Å². The first kappa shape index (κ1) is 14.9. The lowest BCUT2D eigenvalue weighted by molar-refractivity contribution is -0.140. The van der Waals surface area contributed by atoms with Gasteiger partial charge in [0.25, 0.3) is 0 Å². The van der Waals surface area contributed by atoms with E-state index in [1.165, 1.54) is 18.9 Å². The summed E-state index contributed by atoms with van der Waals surface area (Å²) < 4.78 is 13.1. The van der Waals surface area contributed by atoms with Crippen molar-refractivity contribution in [1.82, 2.24) is 9.88 Å². The lowest BCUT2D eigenvalue weighted by atomic mass is 9.90. The molecule has 1 aliphatic rings. The van der Waals surface area contributed by atoms with Crippen molar-refractivity contribution in [1.29, 1.82) is 0 Å². The fourth-order valence-corrected chi connectivity index (χ4v) is 2.92. The molecule has 0 radical (unpaired) electrons. The lowest BCUT2D eigenvalue weighted by Crippen LogP contribution is -2.46. The predicted octanol–water partition coefficient (Wildman–Crippen LogP) is 2.79. The Labute approximate surface area is 118 Å². The minimum Gasteiger partial charge on any atom is -0.481 e. The molecule has 5 heteroatoms. The van der Waals surface area contributed by atoms with E-state index in [0.717, 1.165) is 32.1 Å². The zero-order valence-corrected chi connectivity index (χ0v) is 11.8. The SMILES string of the molecule is CC(CC(=O)O)(c1ccc(F)cn1)N1CCCCCC1. The highest BCUT2D eigenvalue weighted by Crippen LogP contribution is 2.32. The number of pyridine rings is 1. The molecule has 0 spiro atoms. The maximum Gasteiger partial charge on any atom is 0.305 e. The van der Waals surface area contributed by atoms with Crippen LogP contribution in [0.3, 0.4) is 0 Å². The quantitative estimate of drug-likeness (QED) is 0.921. The normalized spacial score (nSPS) is 20.1. The standard InChI is InChI=1S/C15H21FN2O2/c1-15(10-14(19)20,13-7-6-12(16)11-17-13)18-8-4-2-3-5-9-18/h6-7,11H,2-5,8-10H2,1H3,(H,19,20). The summed E-state index contributed by atoms with van der Waals surface area (Å²) in [5, 5.41) is 9.24. The van der Waals surface area contributed by atoms with Gasteiger partial charge in [-0.15, -0.1) is 0 Å². The molecule has 0 aliphatic carbocycles. The van der Waals surface area contributed by atoms with Gasteiger partial charge in [0.15, 0.2) is 0 Å². The number of nitrogens with zero attached hydrogens (tertiary/aromatic N) is 2. The molecule has 4 nitrogen and oxygen atoms in total. The van der Waals surface area contributed by atoms with Crippen molar-refractivity contribution in [3.63, 3.8) is 0 Å². The van der Waals surface area contributed by atoms with Crippen LogP contribution in [0.2, 0.25) is 0 Å². The number of rotatable bonds is 4. The first-order chi connectivity index (χ1) is 9.52. The Morgan fingerprint density at radius 1 is 1.35 bits per heavy atom. The van der Waals surface area contributed by atoms with Gasteiger partial charge in [-0.05, 0) is 45.0 Å². The summed E-state index contributed by atoms with van der Waals surface area (Å²) in [6.07, 6.45) is 5.62. The van der Waals surface area contributed by atoms with Gasteiger partial charge in [-0.25, -0.2) is 4.39 Å². The van der Waals surface area contributed by atoms with Crippen LogP contribution in [-0.2, 0) is 10.3 Å². The number of carboxylic acid groups (broad SMARTS) is 1. The van der Waals surface area contributed by atoms with E-state index in [9.17, 15) is 14.3 Å². The van der Waals surface area contributed by atoms with Crippen molar-refractivity contribution in [2.45, 2.75) is 44.6 Å². The Balaban J connectivity index is 2.32. The Kier molecular flexibility index (Phi) is 4.70. The van der Waals surface area contributed by atoms with E-state index in [1.807, 2.05) is 6.92 Å². The van der Waals surface area contributed by atoms with Crippen LogP contribution in [0.1, 0.15) is 44.7 Å². The smallest absolute Gasteiger partial charge is 0.305 e. The molecule has 1 atom stereocenters. The first-order valence-corrected chi connectivity index (χ1v) is 7.11. The topological polar surface area (TPSA) is 53.4 Å². The number of aliphatic carboxylic acids is 1. The van der Waals surface area contributed by atoms with E-state index in [-0.39, 0.29) is 6.42 Å². The number of hydrogen-bond donors (Lipinski definition) is 1. The zero-order valence-electron chi connectivity index (χ0n) is 11.8. The maximum absolute atomic E-state index is 13.1. The van der Waals surface area contributed by atoms with Gasteiger partial charge in [0.05, 0.1) is 23.9 Å². The molecule has 0 amide bonds. The highest BCUT2D eigenvalue weighted by atomic mass is 19.1. The Morgan fingerprint density at radius 3 is 2.50 bits per heavy atom. The van der Waals surface area contributed by atoms with E-state index in [2.05, 4.69) is 9.88 Å². The predicted molar refractivity (Wildman–Crippen MR) is 73.8 cm³/mol. The van der Waals surface area contributed by atoms with Gasteiger partial charge < -0.3 is 5.11 Å². The second kappa shape index (κ2) is 6.31. The average Bonchev–Trinajstić information content (AvgIpc) is 2.67. The number of aromatic nitrogens is 1. The van der Waals surface area contributed by atoms with E-state index < -0.39 is 17.3 Å². The number of carboxylic acids is 1. The molecule has 2 rings (SSSR count). The molecule has 1 aromatic rings. The third kappa shape index (κ3) is 3.33. The lowest BCUT2D eigenvalue weighted by Gasteiger charge is -2.39. The van der Waals surface area contributed by atoms with Gasteiger partial charge in [-0.3, -0.25) is 14.7 Å². The van der Waals surface area contributed by atoms with Crippen molar-refractivity contribution >= 4 is 5.97 Å². The highest BCUT2D eigenvalue weighted by molar-refractivity contribution is 5.68. The summed E-state index contributed by atoms with van der Waals surface area (Å²) in [6, 6.07) is 2.95. The van der Waals surface area contributed by atoms with E-state index >= 15 is 0 Å². The largest absolute Gasteiger partial charge is 0.481 e. The van der Waals surface area contributed by atoms with Gasteiger partial charge in [0.2, 0.25) is 0 Å². The molecule has 110 valence electrons. The minimum absolute atomic E-state index is 0.0222. The molecule has 1 aromatic heterocycles. The van der Waals surface area contributed by atoms with Crippen LogP contribution in [0.15, 0.2) is 18.3 Å². The summed E-state index contributed by atoms with van der Waals surface area (Å²) in [6.45, 7) is 3.62. The van der Waals surface area contributed by atoms with Crippen LogP contribution in [0.4, 0.5) is 4.39 Å². The van der Waals surface area contributed by atoms with Gasteiger partial charge in [0.1, 0.15) is 5.82 Å². The molecular weight excluding hydrogens is 259 g/mol. The molecule has 1 unspecified atom stereocenters. The monoisotopic (exact) mass is 280 g/mol. The van der Waals surface area contributed by atoms with Crippen molar-refractivity contribution in [3.05, 3.63) is 29.8 Å². The fraction of sp³-hybridized carbons (Fsp3) is 0.600. The van der Waals surface area contributed by atoms with Crippen LogP contribution < -0.4 is 0 Å². The molecule has 2 heterocycles. The molecule has 1 aliphatic heterocycles. The molecule has 1 fully saturated rings. The van der Waals surface area contributed by atoms with Crippen LogP contribution in [0.25, 0.3) is 0 Å². The Hall–Kier alpha value is -1.49. The maximum atomic E-state index is 13.1. The van der Waals surface area contributed by atoms with Gasteiger partial charge in [0, 0.05) is 0 Å². The van der Waals surface area contributed by atoms with Crippen molar-refractivity contribution in [2.75, 3.05) is 13.1 Å². The summed E-state index contributed by atoms with van der Waals surface area (Å²) in [7, 11) is 0. The molecule has 0 bridgehead atoms. The molecule has 20 heavy (non-hydrogen) atoms. The highest BCUT2D eigenvalue weighted by Gasteiger charge is 2.37. The molecule has 1 saturated heterocycles. The average molecular weight is 280 g/mol. The molecule has 0 aromatic carbocycles. The fourth-order valence-electron chi connectivity index (χ4n) is 2.92. The first-order valence-electron chi connectivity index (χ1n) is 7.11. The summed E-state index contributed by atoms with van der Waals surface area (Å²) >= 11 is 0. The number of likely N-dealkylation sites (tertiary alicyclic amines) is 1. The number of hydrogen-bond acceptors (Lipinski definition) is 3. The van der Waals surface area contributed by atoms with Crippen LogP contribution in [0, 0.1) is 5.82 Å². The molecular formula is C15H21FN2O2. The third-order valence-electron chi connectivity index (χ3n) is 4.08. The number of carbonyl (C=O) groups is 1. The third-order valence-corrected chi connectivity index (χ3v) is 4.08. The number of halogens is 1. The Bertz CT molecular complexity index is 455. The van der Waals surface area contributed by atoms with Crippen molar-refractivity contribution in [3.8, 4) is 0 Å². The minimum atomic E-state index is -0.858. The van der Waals surface area contributed by atoms with Crippen LogP contribution in [-0.4, -0.2) is 34.0 Å². The molecule has 1 N–H and O–H groups in total. The summed E-state index contributed by atoms with van der Waals surface area (Å²) in [5.74, 6) is -1.26. The zero-order chi connectivity index (χ0) is 14.6. The summed E-state index contributed by atoms with van der Waals surface area (Å²) in [4.78, 5) is 17.6. The van der Waals surface area contributed by atoms with Gasteiger partial charge >= 0.3 is 5.97 Å².